The first-order valence-corrected chi connectivity index (χ1v) is 13.2. The lowest BCUT2D eigenvalue weighted by atomic mass is 9.69. The fourth-order valence-corrected chi connectivity index (χ4v) is 5.48. The van der Waals surface area contributed by atoms with E-state index in [-0.39, 0.29) is 24.2 Å². The molecule has 1 aliphatic carbocycles. The highest BCUT2D eigenvalue weighted by Gasteiger charge is 2.46. The van der Waals surface area contributed by atoms with Crippen LogP contribution in [0.2, 0.25) is 0 Å². The summed E-state index contributed by atoms with van der Waals surface area (Å²) in [6, 6.07) is 11.2. The molecule has 2 aliphatic rings. The van der Waals surface area contributed by atoms with Gasteiger partial charge in [-0.15, -0.1) is 0 Å². The number of carbonyl (C=O) groups is 2. The van der Waals surface area contributed by atoms with Gasteiger partial charge in [-0.25, -0.2) is 0 Å². The Kier molecular flexibility index (Phi) is 8.63. The summed E-state index contributed by atoms with van der Waals surface area (Å²) in [4.78, 5) is 32.4. The van der Waals surface area contributed by atoms with Crippen molar-refractivity contribution in [1.82, 2.24) is 0 Å². The molecule has 0 radical (unpaired) electrons. The maximum absolute atomic E-state index is 14.0. The third-order valence-corrected chi connectivity index (χ3v) is 7.69. The summed E-state index contributed by atoms with van der Waals surface area (Å²) in [5, 5.41) is 0. The van der Waals surface area contributed by atoms with Gasteiger partial charge in [0.15, 0.2) is 17.3 Å². The van der Waals surface area contributed by atoms with E-state index in [0.717, 1.165) is 5.56 Å². The van der Waals surface area contributed by atoms with E-state index >= 15 is 0 Å². The summed E-state index contributed by atoms with van der Waals surface area (Å²) in [5.74, 6) is 0.486. The molecule has 0 N–H and O–H groups in total. The lowest BCUT2D eigenvalue weighted by Crippen LogP contribution is -2.39. The second-order valence-electron chi connectivity index (χ2n) is 9.98. The second-order valence-corrected chi connectivity index (χ2v) is 9.98. The Morgan fingerprint density at radius 3 is 2.28 bits per heavy atom. The molecule has 208 valence electrons. The van der Waals surface area contributed by atoms with Crippen LogP contribution < -0.4 is 18.9 Å². The zero-order valence-corrected chi connectivity index (χ0v) is 23.7. The monoisotopic (exact) mass is 535 g/mol. The van der Waals surface area contributed by atoms with Gasteiger partial charge in [0.1, 0.15) is 17.4 Å². The fourth-order valence-electron chi connectivity index (χ4n) is 5.48. The van der Waals surface area contributed by atoms with Gasteiger partial charge in [-0.3, -0.25) is 14.6 Å². The maximum Gasteiger partial charge on any atom is 0.315 e. The third kappa shape index (κ3) is 5.51. The zero-order chi connectivity index (χ0) is 28.3. The Morgan fingerprint density at radius 2 is 1.64 bits per heavy atom. The number of esters is 1. The van der Waals surface area contributed by atoms with Gasteiger partial charge in [0.25, 0.3) is 0 Å². The largest absolute Gasteiger partial charge is 0.497 e. The predicted octanol–water partition coefficient (Wildman–Crippen LogP) is 5.64. The highest BCUT2D eigenvalue weighted by molar-refractivity contribution is 6.09. The molecule has 1 heterocycles. The van der Waals surface area contributed by atoms with Gasteiger partial charge in [-0.05, 0) is 68.5 Å². The van der Waals surface area contributed by atoms with Gasteiger partial charge in [0.2, 0.25) is 0 Å². The number of Topliss-reactive ketones (excluding diaryl/α,β-unsaturated/α-hetero) is 1. The molecule has 1 aliphatic heterocycles. The number of rotatable bonds is 9. The first-order chi connectivity index (χ1) is 18.8. The van der Waals surface area contributed by atoms with Crippen LogP contribution >= 0.6 is 0 Å². The molecule has 1 unspecified atom stereocenters. The quantitative estimate of drug-likeness (QED) is 0.384. The van der Waals surface area contributed by atoms with Crippen molar-refractivity contribution < 1.29 is 33.3 Å². The van der Waals surface area contributed by atoms with Crippen LogP contribution in [0.5, 0.6) is 23.0 Å². The Hall–Kier alpha value is -3.81. The van der Waals surface area contributed by atoms with Crippen molar-refractivity contribution in [2.24, 2.45) is 10.9 Å². The summed E-state index contributed by atoms with van der Waals surface area (Å²) in [5.41, 5.74) is 3.50. The van der Waals surface area contributed by atoms with Gasteiger partial charge in [0, 0.05) is 34.9 Å². The first kappa shape index (κ1) is 28.2. The maximum atomic E-state index is 14.0. The average molecular weight is 536 g/mol. The molecular formula is C31H37NO7. The van der Waals surface area contributed by atoms with Crippen LogP contribution in [0.15, 0.2) is 52.7 Å². The van der Waals surface area contributed by atoms with Crippen LogP contribution in [0.25, 0.3) is 0 Å². The van der Waals surface area contributed by atoms with E-state index < -0.39 is 17.8 Å². The Balaban J connectivity index is 1.83. The van der Waals surface area contributed by atoms with Crippen LogP contribution in [0.1, 0.15) is 63.0 Å². The number of nitrogens with zero attached hydrogens (tertiary/aromatic N) is 1. The molecule has 0 aromatic heterocycles. The fraction of sp³-hybridized carbons (Fsp3) is 0.452. The summed E-state index contributed by atoms with van der Waals surface area (Å²) in [6.07, 6.45) is 1.25. The number of hydrogen-bond acceptors (Lipinski definition) is 8. The Bertz CT molecular complexity index is 1310. The molecule has 0 fully saturated rings. The first-order valence-electron chi connectivity index (χ1n) is 13.2. The van der Waals surface area contributed by atoms with Crippen LogP contribution in [0.3, 0.4) is 0 Å². The second kappa shape index (κ2) is 11.9. The Labute approximate surface area is 230 Å². The van der Waals surface area contributed by atoms with Crippen molar-refractivity contribution >= 4 is 17.5 Å². The van der Waals surface area contributed by atoms with Gasteiger partial charge in [-0.1, -0.05) is 13.0 Å². The number of benzene rings is 2. The molecule has 8 heteroatoms. The number of allylic oxidation sites excluding steroid dienone is 2. The van der Waals surface area contributed by atoms with E-state index in [0.29, 0.717) is 58.4 Å². The number of aliphatic imine (C=N–C) groups is 1. The molecule has 0 saturated carbocycles. The predicted molar refractivity (Wildman–Crippen MR) is 148 cm³/mol. The van der Waals surface area contributed by atoms with Crippen LogP contribution in [-0.2, 0) is 14.3 Å². The van der Waals surface area contributed by atoms with Crippen LogP contribution in [-0.4, -0.2) is 52.0 Å². The lowest BCUT2D eigenvalue weighted by molar-refractivity contribution is -0.151. The van der Waals surface area contributed by atoms with Crippen molar-refractivity contribution in [3.05, 3.63) is 58.8 Å². The summed E-state index contributed by atoms with van der Waals surface area (Å²) in [6.45, 7) is 5.65. The molecule has 2 aromatic rings. The van der Waals surface area contributed by atoms with Gasteiger partial charge in [-0.2, -0.15) is 0 Å². The number of methoxy groups -OCH3 is 4. The minimum Gasteiger partial charge on any atom is -0.497 e. The minimum absolute atomic E-state index is 0.0523. The number of hydrogen-bond donors (Lipinski definition) is 0. The highest BCUT2D eigenvalue weighted by atomic mass is 16.5. The molecular weight excluding hydrogens is 498 g/mol. The van der Waals surface area contributed by atoms with E-state index in [9.17, 15) is 9.59 Å². The molecule has 4 atom stereocenters. The summed E-state index contributed by atoms with van der Waals surface area (Å²) >= 11 is 0. The molecule has 0 saturated heterocycles. The molecule has 8 nitrogen and oxygen atoms in total. The smallest absolute Gasteiger partial charge is 0.315 e. The van der Waals surface area contributed by atoms with E-state index in [2.05, 4.69) is 0 Å². The van der Waals surface area contributed by atoms with E-state index in [1.54, 1.807) is 40.6 Å². The third-order valence-electron chi connectivity index (χ3n) is 7.69. The number of ketones is 1. The highest BCUT2D eigenvalue weighted by Crippen LogP contribution is 2.49. The van der Waals surface area contributed by atoms with E-state index in [1.165, 1.54) is 0 Å². The molecule has 4 rings (SSSR count). The van der Waals surface area contributed by atoms with Crippen molar-refractivity contribution in [2.45, 2.75) is 58.0 Å². The molecule has 0 spiro atoms. The van der Waals surface area contributed by atoms with Crippen molar-refractivity contribution in [1.29, 1.82) is 0 Å². The van der Waals surface area contributed by atoms with Crippen LogP contribution in [0.4, 0.5) is 0 Å². The average Bonchev–Trinajstić information content (AvgIpc) is 2.95. The van der Waals surface area contributed by atoms with E-state index in [4.69, 9.17) is 28.7 Å². The van der Waals surface area contributed by atoms with Gasteiger partial charge < -0.3 is 23.7 Å². The minimum atomic E-state index is -0.764. The number of ether oxygens (including phenoxy) is 5. The molecule has 0 amide bonds. The van der Waals surface area contributed by atoms with E-state index in [1.807, 2.05) is 45.0 Å². The number of carbonyl (C=O) groups excluding carboxylic acids is 2. The SMILES string of the molecule is CC[C@@H](C)OC(=O)C1C(C)=NC2=C(C(=O)C[C@H](c3ccc(OC)c(OC)c3)C2)[C@@H]1c1cc(OC)ccc1OC. The van der Waals surface area contributed by atoms with Crippen LogP contribution in [0, 0.1) is 5.92 Å². The van der Waals surface area contributed by atoms with Gasteiger partial charge in [0.05, 0.1) is 34.5 Å². The van der Waals surface area contributed by atoms with Crippen molar-refractivity contribution in [2.75, 3.05) is 28.4 Å². The lowest BCUT2D eigenvalue weighted by Gasteiger charge is -2.37. The topological polar surface area (TPSA) is 92.7 Å². The standard InChI is InChI=1S/C31H37NO7/c1-8-17(2)39-31(34)28-18(3)32-23-13-20(19-9-11-26(37-6)27(15-19)38-7)14-24(33)30(23)29(28)22-16-21(35-4)10-12-25(22)36-5/h9-12,15-17,20,28-29H,8,13-14H2,1-7H3/t17-,20-,28?,29-/m1/s1. The molecule has 2 aromatic carbocycles. The van der Waals surface area contributed by atoms with Gasteiger partial charge >= 0.3 is 5.97 Å². The molecule has 0 bridgehead atoms. The normalized spacial score (nSPS) is 21.5. The molecule has 39 heavy (non-hydrogen) atoms. The summed E-state index contributed by atoms with van der Waals surface area (Å²) in [7, 11) is 6.34. The van der Waals surface area contributed by atoms with Crippen molar-refractivity contribution in [3.63, 3.8) is 0 Å². The zero-order valence-electron chi connectivity index (χ0n) is 23.7. The Morgan fingerprint density at radius 1 is 0.949 bits per heavy atom. The summed E-state index contributed by atoms with van der Waals surface area (Å²) < 4.78 is 27.9. The van der Waals surface area contributed by atoms with Crippen molar-refractivity contribution in [3.8, 4) is 23.0 Å².